The number of carbonyl (C=O) groups excluding carboxylic acids is 1. The number of carbonyl (C=O) groups is 1. The number of rotatable bonds is 2. The molecule has 0 fully saturated rings. The summed E-state index contributed by atoms with van der Waals surface area (Å²) in [7, 11) is 0. The Morgan fingerprint density at radius 1 is 1.16 bits per heavy atom. The van der Waals surface area contributed by atoms with Crippen LogP contribution in [0.5, 0.6) is 0 Å². The first kappa shape index (κ1) is 12.1. The summed E-state index contributed by atoms with van der Waals surface area (Å²) in [5, 5.41) is 1.99. The summed E-state index contributed by atoms with van der Waals surface area (Å²) < 4.78 is 1.05. The Morgan fingerprint density at radius 2 is 2.00 bits per heavy atom. The monoisotopic (exact) mass is 267 g/mol. The van der Waals surface area contributed by atoms with Crippen LogP contribution in [-0.2, 0) is 0 Å². The Kier molecular flexibility index (Phi) is 2.91. The molecule has 0 amide bonds. The van der Waals surface area contributed by atoms with Gasteiger partial charge in [0.1, 0.15) is 0 Å². The van der Waals surface area contributed by atoms with Gasteiger partial charge in [-0.05, 0) is 43.0 Å². The quantitative estimate of drug-likeness (QED) is 0.653. The van der Waals surface area contributed by atoms with Crippen LogP contribution in [0, 0.1) is 13.8 Å². The molecule has 0 spiro atoms. The SMILES string of the molecule is Cc1ccc(C)c(C(=O)c2cnc3ccsc3c2)c1. The van der Waals surface area contributed by atoms with Crippen molar-refractivity contribution >= 4 is 27.3 Å². The fourth-order valence-electron chi connectivity index (χ4n) is 2.11. The lowest BCUT2D eigenvalue weighted by Crippen LogP contribution is -2.04. The molecule has 94 valence electrons. The van der Waals surface area contributed by atoms with Crippen LogP contribution < -0.4 is 0 Å². The van der Waals surface area contributed by atoms with Gasteiger partial charge in [0.25, 0.3) is 0 Å². The van der Waals surface area contributed by atoms with Crippen LogP contribution in [0.4, 0.5) is 0 Å². The minimum Gasteiger partial charge on any atom is -0.289 e. The molecule has 19 heavy (non-hydrogen) atoms. The van der Waals surface area contributed by atoms with E-state index in [2.05, 4.69) is 4.98 Å². The van der Waals surface area contributed by atoms with Crippen LogP contribution in [0.2, 0.25) is 0 Å². The molecule has 0 radical (unpaired) electrons. The number of fused-ring (bicyclic) bond motifs is 1. The number of benzene rings is 1. The van der Waals surface area contributed by atoms with E-state index in [4.69, 9.17) is 0 Å². The average Bonchev–Trinajstić information content (AvgIpc) is 2.88. The van der Waals surface area contributed by atoms with Crippen molar-refractivity contribution in [3.63, 3.8) is 0 Å². The highest BCUT2D eigenvalue weighted by atomic mass is 32.1. The minimum atomic E-state index is 0.0454. The Balaban J connectivity index is 2.09. The number of aryl methyl sites for hydroxylation is 2. The zero-order chi connectivity index (χ0) is 13.4. The summed E-state index contributed by atoms with van der Waals surface area (Å²) in [5.74, 6) is 0.0454. The Hall–Kier alpha value is -2.00. The van der Waals surface area contributed by atoms with Gasteiger partial charge in [0.15, 0.2) is 5.78 Å². The van der Waals surface area contributed by atoms with Gasteiger partial charge in [-0.15, -0.1) is 11.3 Å². The van der Waals surface area contributed by atoms with Crippen LogP contribution >= 0.6 is 11.3 Å². The zero-order valence-electron chi connectivity index (χ0n) is 10.8. The van der Waals surface area contributed by atoms with Crippen molar-refractivity contribution in [2.45, 2.75) is 13.8 Å². The van der Waals surface area contributed by atoms with Crippen LogP contribution in [0.3, 0.4) is 0 Å². The molecule has 2 aromatic heterocycles. The van der Waals surface area contributed by atoms with Gasteiger partial charge in [-0.3, -0.25) is 9.78 Å². The third-order valence-corrected chi connectivity index (χ3v) is 4.06. The van der Waals surface area contributed by atoms with E-state index in [9.17, 15) is 4.79 Å². The molecule has 2 heterocycles. The lowest BCUT2D eigenvalue weighted by Gasteiger charge is -2.06. The highest BCUT2D eigenvalue weighted by Crippen LogP contribution is 2.22. The maximum absolute atomic E-state index is 12.5. The predicted octanol–water partition coefficient (Wildman–Crippen LogP) is 4.14. The molecule has 3 rings (SSSR count). The second-order valence-corrected chi connectivity index (χ2v) is 5.62. The summed E-state index contributed by atoms with van der Waals surface area (Å²) in [6.07, 6.45) is 1.67. The summed E-state index contributed by atoms with van der Waals surface area (Å²) >= 11 is 1.61. The van der Waals surface area contributed by atoms with E-state index in [1.54, 1.807) is 17.5 Å². The van der Waals surface area contributed by atoms with Gasteiger partial charge in [0, 0.05) is 17.3 Å². The second-order valence-electron chi connectivity index (χ2n) is 4.68. The van der Waals surface area contributed by atoms with Gasteiger partial charge < -0.3 is 0 Å². The van der Waals surface area contributed by atoms with Crippen LogP contribution in [-0.4, -0.2) is 10.8 Å². The third-order valence-electron chi connectivity index (χ3n) is 3.20. The smallest absolute Gasteiger partial charge is 0.194 e. The van der Waals surface area contributed by atoms with E-state index in [1.165, 1.54) is 0 Å². The van der Waals surface area contributed by atoms with E-state index in [0.29, 0.717) is 5.56 Å². The average molecular weight is 267 g/mol. The summed E-state index contributed by atoms with van der Waals surface area (Å²) in [5.41, 5.74) is 4.46. The van der Waals surface area contributed by atoms with Crippen molar-refractivity contribution in [1.82, 2.24) is 4.98 Å². The molecule has 0 aliphatic carbocycles. The number of ketones is 1. The first-order valence-electron chi connectivity index (χ1n) is 6.10. The van der Waals surface area contributed by atoms with Gasteiger partial charge in [-0.25, -0.2) is 0 Å². The summed E-state index contributed by atoms with van der Waals surface area (Å²) in [4.78, 5) is 16.9. The summed E-state index contributed by atoms with van der Waals surface area (Å²) in [6.45, 7) is 3.96. The predicted molar refractivity (Wildman–Crippen MR) is 79.0 cm³/mol. The number of pyridine rings is 1. The van der Waals surface area contributed by atoms with E-state index < -0.39 is 0 Å². The Morgan fingerprint density at radius 3 is 2.84 bits per heavy atom. The highest BCUT2D eigenvalue weighted by Gasteiger charge is 2.13. The molecule has 2 nitrogen and oxygen atoms in total. The minimum absolute atomic E-state index is 0.0454. The molecule has 0 aliphatic heterocycles. The van der Waals surface area contributed by atoms with Crippen molar-refractivity contribution in [3.05, 3.63) is 64.2 Å². The lowest BCUT2D eigenvalue weighted by atomic mass is 9.98. The zero-order valence-corrected chi connectivity index (χ0v) is 11.6. The normalized spacial score (nSPS) is 10.8. The Labute approximate surface area is 115 Å². The van der Waals surface area contributed by atoms with Crippen molar-refractivity contribution < 1.29 is 4.79 Å². The molecular formula is C16H13NOS. The lowest BCUT2D eigenvalue weighted by molar-refractivity contribution is 0.103. The number of aromatic nitrogens is 1. The molecule has 0 aliphatic rings. The van der Waals surface area contributed by atoms with Gasteiger partial charge in [-0.2, -0.15) is 0 Å². The van der Waals surface area contributed by atoms with Crippen molar-refractivity contribution in [2.75, 3.05) is 0 Å². The van der Waals surface area contributed by atoms with Crippen LogP contribution in [0.1, 0.15) is 27.0 Å². The van der Waals surface area contributed by atoms with Crippen LogP contribution in [0.25, 0.3) is 10.2 Å². The molecule has 3 heteroatoms. The fourth-order valence-corrected chi connectivity index (χ4v) is 2.89. The van der Waals surface area contributed by atoms with Crippen molar-refractivity contribution in [1.29, 1.82) is 0 Å². The molecule has 3 aromatic rings. The molecular weight excluding hydrogens is 254 g/mol. The molecule has 0 bridgehead atoms. The molecule has 0 saturated heterocycles. The van der Waals surface area contributed by atoms with Gasteiger partial charge in [0.05, 0.1) is 10.2 Å². The first-order chi connectivity index (χ1) is 9.15. The number of nitrogens with zero attached hydrogens (tertiary/aromatic N) is 1. The van der Waals surface area contributed by atoms with Gasteiger partial charge in [0.2, 0.25) is 0 Å². The molecule has 1 aromatic carbocycles. The maximum Gasteiger partial charge on any atom is 0.194 e. The van der Waals surface area contributed by atoms with Gasteiger partial charge in [-0.1, -0.05) is 17.7 Å². The number of hydrogen-bond donors (Lipinski definition) is 0. The standard InChI is InChI=1S/C16H13NOS/c1-10-3-4-11(2)13(7-10)16(18)12-8-15-14(17-9-12)5-6-19-15/h3-9H,1-2H3. The molecule has 0 N–H and O–H groups in total. The van der Waals surface area contributed by atoms with E-state index in [-0.39, 0.29) is 5.78 Å². The first-order valence-corrected chi connectivity index (χ1v) is 6.98. The maximum atomic E-state index is 12.5. The highest BCUT2D eigenvalue weighted by molar-refractivity contribution is 7.17. The topological polar surface area (TPSA) is 30.0 Å². The van der Waals surface area contributed by atoms with E-state index >= 15 is 0 Å². The van der Waals surface area contributed by atoms with Crippen molar-refractivity contribution in [2.24, 2.45) is 0 Å². The van der Waals surface area contributed by atoms with Crippen molar-refractivity contribution in [3.8, 4) is 0 Å². The summed E-state index contributed by atoms with van der Waals surface area (Å²) in [6, 6.07) is 9.84. The second kappa shape index (κ2) is 4.59. The number of thiophene rings is 1. The van der Waals surface area contributed by atoms with E-state index in [0.717, 1.165) is 26.9 Å². The fraction of sp³-hybridized carbons (Fsp3) is 0.125. The van der Waals surface area contributed by atoms with E-state index in [1.807, 2.05) is 49.6 Å². The molecule has 0 saturated carbocycles. The Bertz CT molecular complexity index is 773. The molecule has 0 unspecified atom stereocenters. The van der Waals surface area contributed by atoms with Crippen LogP contribution in [0.15, 0.2) is 41.9 Å². The molecule has 0 atom stereocenters. The number of hydrogen-bond acceptors (Lipinski definition) is 3. The largest absolute Gasteiger partial charge is 0.289 e. The van der Waals surface area contributed by atoms with Gasteiger partial charge >= 0.3 is 0 Å². The third kappa shape index (κ3) is 2.17.